The first-order valence-corrected chi connectivity index (χ1v) is 6.54. The first-order chi connectivity index (χ1) is 9.76. The first kappa shape index (κ1) is 14.0. The minimum atomic E-state index is 0.292. The second-order valence-electron chi connectivity index (χ2n) is 3.96. The lowest BCUT2D eigenvalue weighted by molar-refractivity contribution is 0.340. The second-order valence-corrected chi connectivity index (χ2v) is 3.96. The summed E-state index contributed by atoms with van der Waals surface area (Å²) in [5.41, 5.74) is 0.883. The Morgan fingerprint density at radius 3 is 2.40 bits per heavy atom. The fraction of sp³-hybridized carbons (Fsp3) is 0.357. The van der Waals surface area contributed by atoms with Gasteiger partial charge in [0.15, 0.2) is 5.82 Å². The van der Waals surface area contributed by atoms with E-state index in [1.54, 1.807) is 0 Å². The van der Waals surface area contributed by atoms with Crippen LogP contribution < -0.4 is 14.8 Å². The van der Waals surface area contributed by atoms with Crippen LogP contribution in [0.15, 0.2) is 24.3 Å². The van der Waals surface area contributed by atoms with E-state index < -0.39 is 0 Å². The molecule has 0 saturated heterocycles. The van der Waals surface area contributed by atoms with Gasteiger partial charge in [0.05, 0.1) is 13.7 Å². The molecular weight excluding hydrogens is 256 g/mol. The summed E-state index contributed by atoms with van der Waals surface area (Å²) in [6.45, 7) is 5.31. The molecule has 106 valence electrons. The van der Waals surface area contributed by atoms with Crippen LogP contribution in [0.25, 0.3) is 11.4 Å². The summed E-state index contributed by atoms with van der Waals surface area (Å²) in [7, 11) is 1.53. The van der Waals surface area contributed by atoms with E-state index in [9.17, 15) is 0 Å². The average Bonchev–Trinajstić information content (AvgIpc) is 2.48. The van der Waals surface area contributed by atoms with Gasteiger partial charge >= 0.3 is 6.01 Å². The Balaban J connectivity index is 2.32. The lowest BCUT2D eigenvalue weighted by Gasteiger charge is -2.07. The highest BCUT2D eigenvalue weighted by Crippen LogP contribution is 2.21. The molecule has 0 aliphatic rings. The summed E-state index contributed by atoms with van der Waals surface area (Å²) in [5, 5.41) is 3.06. The van der Waals surface area contributed by atoms with Crippen molar-refractivity contribution in [2.45, 2.75) is 13.8 Å². The SMILES string of the molecule is CCNc1nc(OC)nc(-c2ccc(OCC)cc2)n1. The van der Waals surface area contributed by atoms with Crippen LogP contribution in [0, 0.1) is 0 Å². The fourth-order valence-corrected chi connectivity index (χ4v) is 1.68. The molecule has 1 aromatic carbocycles. The molecule has 1 aromatic heterocycles. The van der Waals surface area contributed by atoms with Crippen molar-refractivity contribution in [2.75, 3.05) is 25.6 Å². The maximum absolute atomic E-state index is 5.41. The molecule has 6 nitrogen and oxygen atoms in total. The second kappa shape index (κ2) is 6.70. The highest BCUT2D eigenvalue weighted by atomic mass is 16.5. The van der Waals surface area contributed by atoms with Gasteiger partial charge in [-0.3, -0.25) is 0 Å². The van der Waals surface area contributed by atoms with Gasteiger partial charge in [0, 0.05) is 12.1 Å². The molecule has 1 N–H and O–H groups in total. The maximum Gasteiger partial charge on any atom is 0.321 e. The molecule has 20 heavy (non-hydrogen) atoms. The van der Waals surface area contributed by atoms with Gasteiger partial charge in [-0.15, -0.1) is 0 Å². The quantitative estimate of drug-likeness (QED) is 0.872. The summed E-state index contributed by atoms with van der Waals surface area (Å²) in [6, 6.07) is 7.90. The molecule has 6 heteroatoms. The van der Waals surface area contributed by atoms with E-state index in [0.29, 0.717) is 24.4 Å². The summed E-state index contributed by atoms with van der Waals surface area (Å²) in [5.74, 6) is 1.89. The molecule has 0 atom stereocenters. The Kier molecular flexibility index (Phi) is 4.70. The number of benzene rings is 1. The Labute approximate surface area is 118 Å². The van der Waals surface area contributed by atoms with Crippen molar-refractivity contribution in [3.8, 4) is 23.1 Å². The van der Waals surface area contributed by atoms with Crippen molar-refractivity contribution >= 4 is 5.95 Å². The standard InChI is InChI=1S/C14H18N4O2/c1-4-15-13-16-12(17-14(18-13)19-3)10-6-8-11(9-7-10)20-5-2/h6-9H,4-5H2,1-3H3,(H,15,16,17,18). The molecule has 0 spiro atoms. The van der Waals surface area contributed by atoms with Gasteiger partial charge in [0.1, 0.15) is 5.75 Å². The van der Waals surface area contributed by atoms with Crippen molar-refractivity contribution in [3.05, 3.63) is 24.3 Å². The van der Waals surface area contributed by atoms with Gasteiger partial charge in [-0.05, 0) is 38.1 Å². The number of hydrogen-bond acceptors (Lipinski definition) is 6. The molecule has 0 amide bonds. The van der Waals surface area contributed by atoms with Crippen LogP contribution in [0.1, 0.15) is 13.8 Å². The zero-order chi connectivity index (χ0) is 14.4. The highest BCUT2D eigenvalue weighted by molar-refractivity contribution is 5.57. The summed E-state index contributed by atoms with van der Waals surface area (Å²) in [4.78, 5) is 12.8. The molecule has 0 fully saturated rings. The normalized spacial score (nSPS) is 10.2. The van der Waals surface area contributed by atoms with E-state index >= 15 is 0 Å². The predicted molar refractivity (Wildman–Crippen MR) is 77.1 cm³/mol. The Bertz CT molecular complexity index is 558. The number of nitrogens with one attached hydrogen (secondary N) is 1. The third-order valence-corrected chi connectivity index (χ3v) is 2.56. The minimum Gasteiger partial charge on any atom is -0.494 e. The topological polar surface area (TPSA) is 69.2 Å². The van der Waals surface area contributed by atoms with Crippen molar-refractivity contribution in [3.63, 3.8) is 0 Å². The molecule has 0 aliphatic heterocycles. The number of aromatic nitrogens is 3. The predicted octanol–water partition coefficient (Wildman–Crippen LogP) is 2.38. The minimum absolute atomic E-state index is 0.292. The van der Waals surface area contributed by atoms with Crippen LogP contribution in [0.4, 0.5) is 5.95 Å². The number of ether oxygens (including phenoxy) is 2. The van der Waals surface area contributed by atoms with E-state index in [4.69, 9.17) is 9.47 Å². The summed E-state index contributed by atoms with van der Waals surface area (Å²) in [6.07, 6.45) is 0. The van der Waals surface area contributed by atoms with Crippen LogP contribution >= 0.6 is 0 Å². The van der Waals surface area contributed by atoms with Gasteiger partial charge in [0.2, 0.25) is 5.95 Å². The van der Waals surface area contributed by atoms with Gasteiger partial charge < -0.3 is 14.8 Å². The Hall–Kier alpha value is -2.37. The van der Waals surface area contributed by atoms with Crippen molar-refractivity contribution in [2.24, 2.45) is 0 Å². The van der Waals surface area contributed by atoms with Crippen LogP contribution in [0.3, 0.4) is 0 Å². The van der Waals surface area contributed by atoms with Gasteiger partial charge in [-0.1, -0.05) is 0 Å². The Morgan fingerprint density at radius 2 is 1.80 bits per heavy atom. The monoisotopic (exact) mass is 274 g/mol. The molecular formula is C14H18N4O2. The first-order valence-electron chi connectivity index (χ1n) is 6.54. The van der Waals surface area contributed by atoms with Crippen molar-refractivity contribution < 1.29 is 9.47 Å². The number of anilines is 1. The summed E-state index contributed by atoms with van der Waals surface area (Å²) < 4.78 is 10.5. The zero-order valence-corrected chi connectivity index (χ0v) is 11.9. The van der Waals surface area contributed by atoms with Gasteiger partial charge in [0.25, 0.3) is 0 Å². The zero-order valence-electron chi connectivity index (χ0n) is 11.9. The van der Waals surface area contributed by atoms with E-state index in [1.807, 2.05) is 38.1 Å². The lowest BCUT2D eigenvalue weighted by atomic mass is 10.2. The largest absolute Gasteiger partial charge is 0.494 e. The Morgan fingerprint density at radius 1 is 1.05 bits per heavy atom. The molecule has 2 rings (SSSR count). The van der Waals surface area contributed by atoms with E-state index in [2.05, 4.69) is 20.3 Å². The number of rotatable bonds is 6. The van der Waals surface area contributed by atoms with Crippen LogP contribution in [0.2, 0.25) is 0 Å². The summed E-state index contributed by atoms with van der Waals surface area (Å²) >= 11 is 0. The molecule has 0 bridgehead atoms. The number of hydrogen-bond donors (Lipinski definition) is 1. The van der Waals surface area contributed by atoms with Crippen molar-refractivity contribution in [1.82, 2.24) is 15.0 Å². The smallest absolute Gasteiger partial charge is 0.321 e. The van der Waals surface area contributed by atoms with Gasteiger partial charge in [-0.25, -0.2) is 0 Å². The van der Waals surface area contributed by atoms with Crippen LogP contribution in [-0.4, -0.2) is 35.2 Å². The molecule has 2 aromatic rings. The van der Waals surface area contributed by atoms with Crippen LogP contribution in [0.5, 0.6) is 11.8 Å². The lowest BCUT2D eigenvalue weighted by Crippen LogP contribution is -2.06. The maximum atomic E-state index is 5.41. The fourth-order valence-electron chi connectivity index (χ4n) is 1.68. The number of nitrogens with zero attached hydrogens (tertiary/aromatic N) is 3. The molecule has 0 unspecified atom stereocenters. The molecule has 0 radical (unpaired) electrons. The van der Waals surface area contributed by atoms with Crippen LogP contribution in [-0.2, 0) is 0 Å². The third kappa shape index (κ3) is 3.34. The van der Waals surface area contributed by atoms with E-state index in [0.717, 1.165) is 17.9 Å². The third-order valence-electron chi connectivity index (χ3n) is 2.56. The molecule has 0 saturated carbocycles. The molecule has 1 heterocycles. The average molecular weight is 274 g/mol. The number of methoxy groups -OCH3 is 1. The van der Waals surface area contributed by atoms with Gasteiger partial charge in [-0.2, -0.15) is 15.0 Å². The highest BCUT2D eigenvalue weighted by Gasteiger charge is 2.08. The van der Waals surface area contributed by atoms with Crippen molar-refractivity contribution in [1.29, 1.82) is 0 Å². The molecule has 0 aliphatic carbocycles. The van der Waals surface area contributed by atoms with E-state index in [-0.39, 0.29) is 0 Å². The van der Waals surface area contributed by atoms with E-state index in [1.165, 1.54) is 7.11 Å².